The number of nitrogen functional groups attached to an aromatic ring is 1. The lowest BCUT2D eigenvalue weighted by molar-refractivity contribution is 0.0943. The van der Waals surface area contributed by atoms with Gasteiger partial charge in [-0.3, -0.25) is 9.48 Å². The first-order valence-corrected chi connectivity index (χ1v) is 5.25. The minimum absolute atomic E-state index is 0.124. The van der Waals surface area contributed by atoms with Gasteiger partial charge in [-0.15, -0.1) is 0 Å². The Morgan fingerprint density at radius 2 is 2.29 bits per heavy atom. The summed E-state index contributed by atoms with van der Waals surface area (Å²) in [5, 5.41) is 6.81. The number of nitrogens with two attached hydrogens (primary N) is 1. The molecule has 6 heteroatoms. The highest BCUT2D eigenvalue weighted by molar-refractivity contribution is 5.92. The standard InChI is InChI=1S/C11H15N5O/c1-15-5-3-4-9(15)11(17)13-6-8-7-14-16(2)10(8)12/h3-5,7H,6,12H2,1-2H3,(H,13,17). The van der Waals surface area contributed by atoms with Gasteiger partial charge < -0.3 is 15.6 Å². The Bertz CT molecular complexity index is 540. The van der Waals surface area contributed by atoms with Crippen molar-refractivity contribution in [1.29, 1.82) is 0 Å². The summed E-state index contributed by atoms with van der Waals surface area (Å²) in [6.45, 7) is 0.379. The van der Waals surface area contributed by atoms with Crippen molar-refractivity contribution >= 4 is 11.7 Å². The zero-order valence-corrected chi connectivity index (χ0v) is 9.84. The first kappa shape index (κ1) is 11.3. The molecule has 0 atom stereocenters. The number of aryl methyl sites for hydroxylation is 2. The van der Waals surface area contributed by atoms with Crippen molar-refractivity contribution in [2.24, 2.45) is 14.1 Å². The monoisotopic (exact) mass is 233 g/mol. The van der Waals surface area contributed by atoms with Gasteiger partial charge in [-0.25, -0.2) is 0 Å². The molecule has 0 aromatic carbocycles. The summed E-state index contributed by atoms with van der Waals surface area (Å²) in [6.07, 6.45) is 3.48. The quantitative estimate of drug-likeness (QED) is 0.798. The fourth-order valence-electron chi connectivity index (χ4n) is 1.59. The van der Waals surface area contributed by atoms with Crippen molar-refractivity contribution in [2.75, 3.05) is 5.73 Å². The van der Waals surface area contributed by atoms with Crippen LogP contribution in [-0.4, -0.2) is 20.3 Å². The average molecular weight is 233 g/mol. The summed E-state index contributed by atoms with van der Waals surface area (Å²) >= 11 is 0. The average Bonchev–Trinajstić information content (AvgIpc) is 2.85. The maximum Gasteiger partial charge on any atom is 0.268 e. The Hall–Kier alpha value is -2.24. The molecule has 0 fully saturated rings. The molecule has 0 bridgehead atoms. The molecular weight excluding hydrogens is 218 g/mol. The lowest BCUT2D eigenvalue weighted by atomic mass is 10.3. The van der Waals surface area contributed by atoms with E-state index in [4.69, 9.17) is 5.73 Å². The number of anilines is 1. The molecule has 0 saturated carbocycles. The summed E-state index contributed by atoms with van der Waals surface area (Å²) in [6, 6.07) is 3.59. The Kier molecular flexibility index (Phi) is 2.86. The van der Waals surface area contributed by atoms with Gasteiger partial charge in [0.25, 0.3) is 5.91 Å². The maximum atomic E-state index is 11.8. The Labute approximate surface area is 99.0 Å². The van der Waals surface area contributed by atoms with Crippen LogP contribution in [0.1, 0.15) is 16.1 Å². The van der Waals surface area contributed by atoms with Crippen molar-refractivity contribution in [2.45, 2.75) is 6.54 Å². The SMILES string of the molecule is Cn1cccc1C(=O)NCc1cnn(C)c1N. The third kappa shape index (κ3) is 2.15. The van der Waals surface area contributed by atoms with Crippen molar-refractivity contribution in [3.63, 3.8) is 0 Å². The molecular formula is C11H15N5O. The zero-order chi connectivity index (χ0) is 12.4. The molecule has 17 heavy (non-hydrogen) atoms. The summed E-state index contributed by atoms with van der Waals surface area (Å²) in [7, 11) is 3.59. The highest BCUT2D eigenvalue weighted by atomic mass is 16.1. The highest BCUT2D eigenvalue weighted by Gasteiger charge is 2.10. The van der Waals surface area contributed by atoms with E-state index < -0.39 is 0 Å². The predicted molar refractivity (Wildman–Crippen MR) is 64.2 cm³/mol. The molecule has 0 unspecified atom stereocenters. The fraction of sp³-hybridized carbons (Fsp3) is 0.273. The second kappa shape index (κ2) is 4.32. The lowest BCUT2D eigenvalue weighted by Crippen LogP contribution is -2.25. The van der Waals surface area contributed by atoms with E-state index in [0.717, 1.165) is 5.56 Å². The third-order valence-electron chi connectivity index (χ3n) is 2.68. The van der Waals surface area contributed by atoms with Crippen LogP contribution in [0.3, 0.4) is 0 Å². The summed E-state index contributed by atoms with van der Waals surface area (Å²) in [5.41, 5.74) is 7.21. The number of carbonyl (C=O) groups excluding carboxylic acids is 1. The molecule has 90 valence electrons. The van der Waals surface area contributed by atoms with E-state index in [1.807, 2.05) is 19.3 Å². The minimum Gasteiger partial charge on any atom is -0.384 e. The smallest absolute Gasteiger partial charge is 0.268 e. The Morgan fingerprint density at radius 3 is 2.82 bits per heavy atom. The number of carbonyl (C=O) groups is 1. The van der Waals surface area contributed by atoms with E-state index in [1.165, 1.54) is 0 Å². The van der Waals surface area contributed by atoms with Crippen molar-refractivity contribution < 1.29 is 4.79 Å². The highest BCUT2D eigenvalue weighted by Crippen LogP contribution is 2.09. The van der Waals surface area contributed by atoms with E-state index in [0.29, 0.717) is 18.1 Å². The van der Waals surface area contributed by atoms with E-state index in [9.17, 15) is 4.79 Å². The van der Waals surface area contributed by atoms with Crippen LogP contribution in [0.2, 0.25) is 0 Å². The van der Waals surface area contributed by atoms with Crippen LogP contribution in [-0.2, 0) is 20.6 Å². The van der Waals surface area contributed by atoms with E-state index in [2.05, 4.69) is 10.4 Å². The third-order valence-corrected chi connectivity index (χ3v) is 2.68. The summed E-state index contributed by atoms with van der Waals surface area (Å²) in [4.78, 5) is 11.8. The van der Waals surface area contributed by atoms with Crippen molar-refractivity contribution in [1.82, 2.24) is 19.7 Å². The van der Waals surface area contributed by atoms with Gasteiger partial charge in [0.15, 0.2) is 0 Å². The second-order valence-corrected chi connectivity index (χ2v) is 3.87. The Morgan fingerprint density at radius 1 is 1.53 bits per heavy atom. The van der Waals surface area contributed by atoms with Gasteiger partial charge in [-0.2, -0.15) is 5.10 Å². The zero-order valence-electron chi connectivity index (χ0n) is 9.84. The number of hydrogen-bond donors (Lipinski definition) is 2. The normalized spacial score (nSPS) is 10.5. The molecule has 0 aliphatic carbocycles. The molecule has 0 radical (unpaired) electrons. The van der Waals surface area contributed by atoms with Crippen LogP contribution in [0.25, 0.3) is 0 Å². The molecule has 2 heterocycles. The maximum absolute atomic E-state index is 11.8. The molecule has 0 aliphatic heterocycles. The van der Waals surface area contributed by atoms with Gasteiger partial charge >= 0.3 is 0 Å². The second-order valence-electron chi connectivity index (χ2n) is 3.87. The number of nitrogens with zero attached hydrogens (tertiary/aromatic N) is 3. The molecule has 0 saturated heterocycles. The van der Waals surface area contributed by atoms with Crippen LogP contribution in [0.5, 0.6) is 0 Å². The fourth-order valence-corrected chi connectivity index (χ4v) is 1.59. The minimum atomic E-state index is -0.124. The van der Waals surface area contributed by atoms with E-state index >= 15 is 0 Å². The number of rotatable bonds is 3. The van der Waals surface area contributed by atoms with Gasteiger partial charge in [-0.1, -0.05) is 0 Å². The molecule has 2 rings (SSSR count). The van der Waals surface area contributed by atoms with E-state index in [1.54, 1.807) is 28.6 Å². The first-order chi connectivity index (χ1) is 8.09. The van der Waals surface area contributed by atoms with Gasteiger partial charge in [0.05, 0.1) is 6.20 Å². The van der Waals surface area contributed by atoms with Gasteiger partial charge in [0.1, 0.15) is 11.5 Å². The van der Waals surface area contributed by atoms with Crippen LogP contribution in [0.15, 0.2) is 24.5 Å². The molecule has 0 aliphatic rings. The van der Waals surface area contributed by atoms with E-state index in [-0.39, 0.29) is 5.91 Å². The molecule has 6 nitrogen and oxygen atoms in total. The number of nitrogens with one attached hydrogen (secondary N) is 1. The first-order valence-electron chi connectivity index (χ1n) is 5.25. The molecule has 3 N–H and O–H groups in total. The largest absolute Gasteiger partial charge is 0.384 e. The number of amides is 1. The molecule has 0 spiro atoms. The summed E-state index contributed by atoms with van der Waals surface area (Å²) in [5.74, 6) is 0.443. The Balaban J connectivity index is 2.02. The molecule has 2 aromatic heterocycles. The van der Waals surface area contributed by atoms with Crippen molar-refractivity contribution in [3.05, 3.63) is 35.8 Å². The lowest BCUT2D eigenvalue weighted by Gasteiger charge is -2.05. The molecule has 1 amide bonds. The van der Waals surface area contributed by atoms with Crippen LogP contribution in [0.4, 0.5) is 5.82 Å². The number of aromatic nitrogens is 3. The van der Waals surface area contributed by atoms with Crippen LogP contribution in [0, 0.1) is 0 Å². The topological polar surface area (TPSA) is 77.9 Å². The molecule has 2 aromatic rings. The van der Waals surface area contributed by atoms with Crippen LogP contribution < -0.4 is 11.1 Å². The van der Waals surface area contributed by atoms with Crippen LogP contribution >= 0.6 is 0 Å². The van der Waals surface area contributed by atoms with Gasteiger partial charge in [0, 0.05) is 32.4 Å². The number of hydrogen-bond acceptors (Lipinski definition) is 3. The van der Waals surface area contributed by atoms with Gasteiger partial charge in [0.2, 0.25) is 0 Å². The van der Waals surface area contributed by atoms with Crippen molar-refractivity contribution in [3.8, 4) is 0 Å². The predicted octanol–water partition coefficient (Wildman–Crippen LogP) is 0.271. The van der Waals surface area contributed by atoms with Gasteiger partial charge in [-0.05, 0) is 12.1 Å². The summed E-state index contributed by atoms with van der Waals surface area (Å²) < 4.78 is 3.34.